The van der Waals surface area contributed by atoms with Gasteiger partial charge in [-0.1, -0.05) is 54.1 Å². The maximum atomic E-state index is 13.1. The summed E-state index contributed by atoms with van der Waals surface area (Å²) in [5.41, 5.74) is 2.25. The third-order valence-corrected chi connectivity index (χ3v) is 5.91. The summed E-state index contributed by atoms with van der Waals surface area (Å²) in [6.07, 6.45) is 0.700. The van der Waals surface area contributed by atoms with Gasteiger partial charge in [0.25, 0.3) is 5.91 Å². The first-order valence-corrected chi connectivity index (χ1v) is 11.1. The Bertz CT molecular complexity index is 1170. The van der Waals surface area contributed by atoms with E-state index in [0.29, 0.717) is 34.5 Å². The molecule has 0 aliphatic carbocycles. The molecule has 8 heteroatoms. The number of nitrogens with zero attached hydrogens (tertiary/aromatic N) is 4. The van der Waals surface area contributed by atoms with Crippen molar-refractivity contribution in [3.63, 3.8) is 0 Å². The molecule has 0 atom stereocenters. The van der Waals surface area contributed by atoms with Crippen LogP contribution in [0.4, 0.5) is 0 Å². The molecular formula is C23H21ClN4O2S. The van der Waals surface area contributed by atoms with Gasteiger partial charge >= 0.3 is 0 Å². The summed E-state index contributed by atoms with van der Waals surface area (Å²) < 4.78 is 5.78. The maximum Gasteiger partial charge on any atom is 0.274 e. The minimum Gasteiger partial charge on any atom is -0.419 e. The van der Waals surface area contributed by atoms with Gasteiger partial charge < -0.3 is 9.32 Å². The van der Waals surface area contributed by atoms with Crippen molar-refractivity contribution in [1.82, 2.24) is 20.1 Å². The third kappa shape index (κ3) is 5.00. The summed E-state index contributed by atoms with van der Waals surface area (Å²) in [5.74, 6) is 0.510. The fourth-order valence-electron chi connectivity index (χ4n) is 3.10. The highest BCUT2D eigenvalue weighted by atomic mass is 35.5. The van der Waals surface area contributed by atoms with Crippen LogP contribution >= 0.6 is 22.9 Å². The van der Waals surface area contributed by atoms with Crippen LogP contribution in [-0.4, -0.2) is 32.0 Å². The van der Waals surface area contributed by atoms with Gasteiger partial charge in [-0.15, -0.1) is 21.5 Å². The minimum absolute atomic E-state index is 0.0672. The third-order valence-electron chi connectivity index (χ3n) is 4.73. The fraction of sp³-hybridized carbons (Fsp3) is 0.217. The van der Waals surface area contributed by atoms with E-state index in [9.17, 15) is 4.79 Å². The van der Waals surface area contributed by atoms with Gasteiger partial charge in [0.05, 0.1) is 22.1 Å². The zero-order valence-corrected chi connectivity index (χ0v) is 18.7. The van der Waals surface area contributed by atoms with Gasteiger partial charge in [0.15, 0.2) is 0 Å². The number of halogens is 1. The first-order valence-electron chi connectivity index (χ1n) is 9.88. The second-order valence-electron chi connectivity index (χ2n) is 7.30. The molecule has 6 nitrogen and oxygen atoms in total. The van der Waals surface area contributed by atoms with Gasteiger partial charge in [0.2, 0.25) is 11.8 Å². The van der Waals surface area contributed by atoms with Crippen LogP contribution in [-0.2, 0) is 13.0 Å². The van der Waals surface area contributed by atoms with Crippen molar-refractivity contribution >= 4 is 28.8 Å². The Labute approximate surface area is 189 Å². The summed E-state index contributed by atoms with van der Waals surface area (Å²) >= 11 is 7.70. The Morgan fingerprint density at radius 3 is 2.58 bits per heavy atom. The number of amides is 1. The highest BCUT2D eigenvalue weighted by molar-refractivity contribution is 7.09. The largest absolute Gasteiger partial charge is 0.419 e. The number of carbonyl (C=O) groups is 1. The average Bonchev–Trinajstić information content (AvgIpc) is 3.42. The van der Waals surface area contributed by atoms with Crippen LogP contribution in [0.25, 0.3) is 11.5 Å². The van der Waals surface area contributed by atoms with E-state index in [4.69, 9.17) is 16.0 Å². The second kappa shape index (κ2) is 9.41. The standard InChI is InChI=1S/C23H21ClN4O2S/c1-15(2)28(13-20-26-27-22(30-20)17-10-6-7-11-18(17)24)23(29)19-14-31-21(25-19)12-16-8-4-3-5-9-16/h3-11,14-15H,12-13H2,1-2H3. The predicted molar refractivity (Wildman–Crippen MR) is 121 cm³/mol. The van der Waals surface area contributed by atoms with E-state index < -0.39 is 0 Å². The van der Waals surface area contributed by atoms with Crippen molar-refractivity contribution in [2.24, 2.45) is 0 Å². The van der Waals surface area contributed by atoms with Gasteiger partial charge in [0, 0.05) is 17.8 Å². The van der Waals surface area contributed by atoms with E-state index in [2.05, 4.69) is 27.3 Å². The van der Waals surface area contributed by atoms with Crippen molar-refractivity contribution in [3.05, 3.63) is 87.2 Å². The summed E-state index contributed by atoms with van der Waals surface area (Å²) in [6, 6.07) is 17.3. The topological polar surface area (TPSA) is 72.1 Å². The monoisotopic (exact) mass is 452 g/mol. The fourth-order valence-corrected chi connectivity index (χ4v) is 4.12. The van der Waals surface area contributed by atoms with Crippen molar-refractivity contribution < 1.29 is 9.21 Å². The molecule has 0 bridgehead atoms. The lowest BCUT2D eigenvalue weighted by molar-refractivity contribution is 0.0667. The molecule has 158 valence electrons. The SMILES string of the molecule is CC(C)N(Cc1nnc(-c2ccccc2Cl)o1)C(=O)c1csc(Cc2ccccc2)n1. The quantitative estimate of drug-likeness (QED) is 0.371. The number of hydrogen-bond donors (Lipinski definition) is 0. The Morgan fingerprint density at radius 1 is 1.10 bits per heavy atom. The van der Waals surface area contributed by atoms with E-state index in [1.165, 1.54) is 11.3 Å². The number of aromatic nitrogens is 3. The summed E-state index contributed by atoms with van der Waals surface area (Å²) in [6.45, 7) is 4.08. The Balaban J connectivity index is 1.49. The van der Waals surface area contributed by atoms with Crippen LogP contribution in [0.2, 0.25) is 5.02 Å². The second-order valence-corrected chi connectivity index (χ2v) is 8.65. The molecule has 1 amide bonds. The van der Waals surface area contributed by atoms with E-state index in [0.717, 1.165) is 10.6 Å². The lowest BCUT2D eigenvalue weighted by Gasteiger charge is -2.24. The van der Waals surface area contributed by atoms with Crippen molar-refractivity contribution in [1.29, 1.82) is 0 Å². The lowest BCUT2D eigenvalue weighted by atomic mass is 10.2. The Morgan fingerprint density at radius 2 is 1.84 bits per heavy atom. The number of carbonyl (C=O) groups excluding carboxylic acids is 1. The molecule has 2 aromatic carbocycles. The van der Waals surface area contributed by atoms with E-state index >= 15 is 0 Å². The zero-order valence-electron chi connectivity index (χ0n) is 17.2. The molecule has 2 aromatic heterocycles. The highest BCUT2D eigenvalue weighted by Crippen LogP contribution is 2.27. The van der Waals surface area contributed by atoms with Crippen molar-refractivity contribution in [2.75, 3.05) is 0 Å². The van der Waals surface area contributed by atoms with Crippen LogP contribution in [0, 0.1) is 0 Å². The summed E-state index contributed by atoms with van der Waals surface area (Å²) in [5, 5.41) is 11.4. The molecule has 0 spiro atoms. The molecule has 4 rings (SSSR count). The normalized spacial score (nSPS) is 11.1. The van der Waals surface area contributed by atoms with Crippen LogP contribution in [0.3, 0.4) is 0 Å². The molecule has 0 fully saturated rings. The molecule has 0 aliphatic rings. The number of benzene rings is 2. The van der Waals surface area contributed by atoms with Crippen LogP contribution in [0.5, 0.6) is 0 Å². The van der Waals surface area contributed by atoms with Crippen molar-refractivity contribution in [3.8, 4) is 11.5 Å². The first-order chi connectivity index (χ1) is 15.0. The molecular weight excluding hydrogens is 432 g/mol. The Hall–Kier alpha value is -3.03. The molecule has 4 aromatic rings. The summed E-state index contributed by atoms with van der Waals surface area (Å²) in [4.78, 5) is 19.4. The van der Waals surface area contributed by atoms with Crippen LogP contribution < -0.4 is 0 Å². The maximum absolute atomic E-state index is 13.1. The smallest absolute Gasteiger partial charge is 0.274 e. The first kappa shape index (κ1) is 21.2. The number of thiazole rings is 1. The molecule has 0 saturated heterocycles. The summed E-state index contributed by atoms with van der Waals surface area (Å²) in [7, 11) is 0. The zero-order chi connectivity index (χ0) is 21.8. The van der Waals surface area contributed by atoms with E-state index in [-0.39, 0.29) is 18.5 Å². The van der Waals surface area contributed by atoms with Gasteiger partial charge in [-0.25, -0.2) is 4.98 Å². The molecule has 2 heterocycles. The number of hydrogen-bond acceptors (Lipinski definition) is 6. The van der Waals surface area contributed by atoms with E-state index in [1.807, 2.05) is 50.2 Å². The predicted octanol–water partition coefficient (Wildman–Crippen LogP) is 5.49. The molecule has 31 heavy (non-hydrogen) atoms. The van der Waals surface area contributed by atoms with Gasteiger partial charge in [0.1, 0.15) is 5.69 Å². The molecule has 0 saturated carbocycles. The van der Waals surface area contributed by atoms with Gasteiger partial charge in [-0.3, -0.25) is 4.79 Å². The van der Waals surface area contributed by atoms with Gasteiger partial charge in [-0.05, 0) is 31.5 Å². The minimum atomic E-state index is -0.164. The average molecular weight is 453 g/mol. The highest BCUT2D eigenvalue weighted by Gasteiger charge is 2.24. The van der Waals surface area contributed by atoms with E-state index in [1.54, 1.807) is 16.3 Å². The lowest BCUT2D eigenvalue weighted by Crippen LogP contribution is -2.36. The van der Waals surface area contributed by atoms with Crippen molar-refractivity contribution in [2.45, 2.75) is 32.9 Å². The molecule has 0 radical (unpaired) electrons. The Kier molecular flexibility index (Phi) is 6.44. The van der Waals surface area contributed by atoms with Gasteiger partial charge in [-0.2, -0.15) is 0 Å². The van der Waals surface area contributed by atoms with Crippen LogP contribution in [0.1, 0.15) is 40.8 Å². The number of rotatable bonds is 7. The molecule has 0 N–H and O–H groups in total. The molecule has 0 aliphatic heterocycles. The van der Waals surface area contributed by atoms with Crippen LogP contribution in [0.15, 0.2) is 64.4 Å². The molecule has 0 unspecified atom stereocenters.